The highest BCUT2D eigenvalue weighted by Gasteiger charge is 2.05. The summed E-state index contributed by atoms with van der Waals surface area (Å²) in [4.78, 5) is 20.8. The van der Waals surface area contributed by atoms with Crippen LogP contribution in [0.4, 0.5) is 0 Å². The molecule has 0 saturated heterocycles. The van der Waals surface area contributed by atoms with Gasteiger partial charge in [-0.2, -0.15) is 11.8 Å². The molecule has 4 nitrogen and oxygen atoms in total. The van der Waals surface area contributed by atoms with E-state index in [-0.39, 0.29) is 0 Å². The molecule has 1 amide bonds. The maximum Gasteiger partial charge on any atom is 0.312 e. The van der Waals surface area contributed by atoms with Gasteiger partial charge in [0.2, 0.25) is 5.91 Å². The number of thioether (sulfide) groups is 1. The molecule has 2 N–H and O–H groups in total. The molecule has 0 spiro atoms. The van der Waals surface area contributed by atoms with Crippen LogP contribution in [-0.2, 0) is 9.59 Å². The van der Waals surface area contributed by atoms with E-state index in [1.54, 1.807) is 11.8 Å². The molecular formula is C7H13NO3S. The van der Waals surface area contributed by atoms with Gasteiger partial charge in [0.05, 0.1) is 0 Å². The summed E-state index contributed by atoms with van der Waals surface area (Å²) in [6, 6.07) is 0. The molecule has 0 rings (SSSR count). The average Bonchev–Trinajstić information content (AvgIpc) is 1.97. The van der Waals surface area contributed by atoms with Gasteiger partial charge in [-0.1, -0.05) is 0 Å². The molecule has 0 saturated carbocycles. The molecule has 0 unspecified atom stereocenters. The van der Waals surface area contributed by atoms with E-state index in [4.69, 9.17) is 5.11 Å². The Balaban J connectivity index is 3.26. The lowest BCUT2D eigenvalue weighted by molar-refractivity contribution is -0.140. The van der Waals surface area contributed by atoms with Gasteiger partial charge in [-0.25, -0.2) is 0 Å². The van der Waals surface area contributed by atoms with Gasteiger partial charge in [-0.15, -0.1) is 0 Å². The summed E-state index contributed by atoms with van der Waals surface area (Å²) in [5.74, 6) is -0.520. The predicted octanol–water partition coefficient (Wildman–Crippen LogP) is 0.330. The van der Waals surface area contributed by atoms with Gasteiger partial charge in [-0.05, 0) is 18.4 Å². The molecule has 0 aliphatic heterocycles. The minimum Gasteiger partial charge on any atom is -0.481 e. The Morgan fingerprint density at radius 2 is 2.17 bits per heavy atom. The van der Waals surface area contributed by atoms with E-state index in [1.165, 1.54) is 0 Å². The van der Waals surface area contributed by atoms with Crippen LogP contribution in [0.25, 0.3) is 0 Å². The Hall–Kier alpha value is -0.710. The van der Waals surface area contributed by atoms with Gasteiger partial charge >= 0.3 is 5.97 Å². The van der Waals surface area contributed by atoms with Gasteiger partial charge in [0, 0.05) is 6.54 Å². The lowest BCUT2D eigenvalue weighted by Crippen LogP contribution is -2.26. The molecule has 0 heterocycles. The van der Waals surface area contributed by atoms with E-state index < -0.39 is 18.3 Å². The highest BCUT2D eigenvalue weighted by molar-refractivity contribution is 7.98. The van der Waals surface area contributed by atoms with Crippen molar-refractivity contribution < 1.29 is 14.7 Å². The molecule has 0 aliphatic rings. The van der Waals surface area contributed by atoms with Gasteiger partial charge in [-0.3, -0.25) is 9.59 Å². The lowest BCUT2D eigenvalue weighted by atomic mass is 10.4. The molecule has 0 aromatic heterocycles. The van der Waals surface area contributed by atoms with Gasteiger partial charge in [0.1, 0.15) is 6.42 Å². The van der Waals surface area contributed by atoms with Crippen LogP contribution in [0.5, 0.6) is 0 Å². The minimum absolute atomic E-state index is 0.413. The largest absolute Gasteiger partial charge is 0.481 e. The Kier molecular flexibility index (Phi) is 6.55. The van der Waals surface area contributed by atoms with E-state index in [0.29, 0.717) is 6.54 Å². The first-order valence-electron chi connectivity index (χ1n) is 3.64. The summed E-state index contributed by atoms with van der Waals surface area (Å²) < 4.78 is 0. The molecule has 0 aromatic rings. The van der Waals surface area contributed by atoms with Crippen molar-refractivity contribution in [3.05, 3.63) is 0 Å². The second-order valence-corrected chi connectivity index (χ2v) is 3.25. The summed E-state index contributed by atoms with van der Waals surface area (Å²) >= 11 is 1.70. The Morgan fingerprint density at radius 3 is 2.67 bits per heavy atom. The Morgan fingerprint density at radius 1 is 1.50 bits per heavy atom. The zero-order chi connectivity index (χ0) is 9.40. The predicted molar refractivity (Wildman–Crippen MR) is 48.3 cm³/mol. The quantitative estimate of drug-likeness (QED) is 0.469. The Bertz CT molecular complexity index is 161. The Labute approximate surface area is 75.7 Å². The fourth-order valence-electron chi connectivity index (χ4n) is 0.644. The summed E-state index contributed by atoms with van der Waals surface area (Å²) in [6.07, 6.45) is 2.44. The number of aliphatic carboxylic acids is 1. The van der Waals surface area contributed by atoms with Crippen LogP contribution in [0.1, 0.15) is 12.8 Å². The number of carbonyl (C=O) groups excluding carboxylic acids is 1. The molecule has 0 aromatic carbocycles. The van der Waals surface area contributed by atoms with E-state index in [1.807, 2.05) is 6.26 Å². The van der Waals surface area contributed by atoms with Gasteiger partial charge in [0.15, 0.2) is 0 Å². The molecule has 0 radical (unpaired) electrons. The average molecular weight is 191 g/mol. The normalized spacial score (nSPS) is 9.42. The van der Waals surface area contributed by atoms with Crippen molar-refractivity contribution in [2.24, 2.45) is 0 Å². The second-order valence-electron chi connectivity index (χ2n) is 2.27. The zero-order valence-corrected chi connectivity index (χ0v) is 7.82. The first-order chi connectivity index (χ1) is 5.66. The SMILES string of the molecule is CSCCCNC(=O)CC(=O)O. The smallest absolute Gasteiger partial charge is 0.312 e. The van der Waals surface area contributed by atoms with Crippen molar-refractivity contribution in [2.45, 2.75) is 12.8 Å². The van der Waals surface area contributed by atoms with Crippen molar-refractivity contribution in [3.63, 3.8) is 0 Å². The van der Waals surface area contributed by atoms with Crippen LogP contribution in [0, 0.1) is 0 Å². The van der Waals surface area contributed by atoms with E-state index in [9.17, 15) is 9.59 Å². The molecule has 0 bridgehead atoms. The summed E-state index contributed by atoms with van der Waals surface area (Å²) in [7, 11) is 0. The maximum atomic E-state index is 10.7. The standard InChI is InChI=1S/C7H13NO3S/c1-12-4-2-3-8-6(9)5-7(10)11/h2-5H2,1H3,(H,8,9)(H,10,11). The number of rotatable bonds is 6. The fourth-order valence-corrected chi connectivity index (χ4v) is 1.08. The van der Waals surface area contributed by atoms with Crippen LogP contribution >= 0.6 is 11.8 Å². The van der Waals surface area contributed by atoms with Crippen LogP contribution in [-0.4, -0.2) is 35.5 Å². The van der Waals surface area contributed by atoms with Crippen LogP contribution in [0.15, 0.2) is 0 Å². The van der Waals surface area contributed by atoms with Crippen molar-refractivity contribution in [1.29, 1.82) is 0 Å². The highest BCUT2D eigenvalue weighted by Crippen LogP contribution is 1.93. The van der Waals surface area contributed by atoms with Crippen molar-refractivity contribution in [1.82, 2.24) is 5.32 Å². The third kappa shape index (κ3) is 7.40. The molecule has 0 fully saturated rings. The van der Waals surface area contributed by atoms with Crippen molar-refractivity contribution >= 4 is 23.6 Å². The van der Waals surface area contributed by atoms with E-state index in [0.717, 1.165) is 12.2 Å². The zero-order valence-electron chi connectivity index (χ0n) is 7.00. The summed E-state index contributed by atoms with van der Waals surface area (Å²) in [5.41, 5.74) is 0. The van der Waals surface area contributed by atoms with E-state index >= 15 is 0 Å². The van der Waals surface area contributed by atoms with Crippen LogP contribution in [0.3, 0.4) is 0 Å². The molecule has 12 heavy (non-hydrogen) atoms. The van der Waals surface area contributed by atoms with Crippen LogP contribution in [0.2, 0.25) is 0 Å². The highest BCUT2D eigenvalue weighted by atomic mass is 32.2. The molecule has 70 valence electrons. The van der Waals surface area contributed by atoms with E-state index in [2.05, 4.69) is 5.32 Å². The van der Waals surface area contributed by atoms with Crippen molar-refractivity contribution in [2.75, 3.05) is 18.6 Å². The number of hydrogen-bond donors (Lipinski definition) is 2. The lowest BCUT2D eigenvalue weighted by Gasteiger charge is -2.01. The molecule has 5 heteroatoms. The van der Waals surface area contributed by atoms with Crippen LogP contribution < -0.4 is 5.32 Å². The third-order valence-corrected chi connectivity index (χ3v) is 1.86. The summed E-state index contributed by atoms with van der Waals surface area (Å²) in [6.45, 7) is 0.562. The first kappa shape index (κ1) is 11.3. The molecular weight excluding hydrogens is 178 g/mol. The number of nitrogens with one attached hydrogen (secondary N) is 1. The van der Waals surface area contributed by atoms with Gasteiger partial charge in [0.25, 0.3) is 0 Å². The number of hydrogen-bond acceptors (Lipinski definition) is 3. The molecule has 0 atom stereocenters. The third-order valence-electron chi connectivity index (χ3n) is 1.16. The number of carboxylic acids is 1. The number of carboxylic acid groups (broad SMARTS) is 1. The second kappa shape index (κ2) is 6.97. The maximum absolute atomic E-state index is 10.7. The van der Waals surface area contributed by atoms with Crippen molar-refractivity contribution in [3.8, 4) is 0 Å². The number of carbonyl (C=O) groups is 2. The molecule has 0 aliphatic carbocycles. The summed E-state index contributed by atoms with van der Waals surface area (Å²) in [5, 5.41) is 10.7. The fraction of sp³-hybridized carbons (Fsp3) is 0.714. The first-order valence-corrected chi connectivity index (χ1v) is 5.03. The number of amides is 1. The minimum atomic E-state index is -1.09. The monoisotopic (exact) mass is 191 g/mol. The van der Waals surface area contributed by atoms with Gasteiger partial charge < -0.3 is 10.4 Å². The topological polar surface area (TPSA) is 66.4 Å².